The Bertz CT molecular complexity index is 649. The number of pyridine rings is 1. The molecule has 0 aliphatic heterocycles. The van der Waals surface area contributed by atoms with E-state index in [0.717, 1.165) is 11.3 Å². The van der Waals surface area contributed by atoms with Gasteiger partial charge in [0.25, 0.3) is 0 Å². The van der Waals surface area contributed by atoms with Crippen molar-refractivity contribution in [3.8, 4) is 17.0 Å². The van der Waals surface area contributed by atoms with Crippen LogP contribution in [0.3, 0.4) is 0 Å². The van der Waals surface area contributed by atoms with Gasteiger partial charge in [-0.25, -0.2) is 14.6 Å². The number of carboxylic acids is 2. The molecule has 0 saturated heterocycles. The average molecular weight is 279 g/mol. The molecule has 19 heavy (non-hydrogen) atoms. The van der Waals surface area contributed by atoms with Crippen LogP contribution in [0, 0.1) is 0 Å². The van der Waals surface area contributed by atoms with Crippen LogP contribution in [0.25, 0.3) is 11.1 Å². The summed E-state index contributed by atoms with van der Waals surface area (Å²) in [6.07, 6.45) is 1.44. The molecule has 0 fully saturated rings. The minimum atomic E-state index is -1.15. The molecule has 0 radical (unpaired) electrons. The molecule has 2 aromatic rings. The van der Waals surface area contributed by atoms with E-state index in [2.05, 4.69) is 4.98 Å². The van der Waals surface area contributed by atoms with E-state index in [1.54, 1.807) is 5.38 Å². The van der Waals surface area contributed by atoms with Crippen LogP contribution in [-0.4, -0.2) is 34.2 Å². The first-order valence-corrected chi connectivity index (χ1v) is 6.00. The number of carboxylic acid groups (broad SMARTS) is 2. The maximum Gasteiger partial charge on any atom is 0.345 e. The quantitative estimate of drug-likeness (QED) is 0.890. The zero-order valence-corrected chi connectivity index (χ0v) is 10.6. The van der Waals surface area contributed by atoms with Gasteiger partial charge in [-0.05, 0) is 23.1 Å². The number of ether oxygens (including phenoxy) is 1. The van der Waals surface area contributed by atoms with Crippen LogP contribution in [0.2, 0.25) is 0 Å². The Morgan fingerprint density at radius 2 is 1.95 bits per heavy atom. The molecule has 0 atom stereocenters. The highest BCUT2D eigenvalue weighted by molar-refractivity contribution is 7.12. The summed E-state index contributed by atoms with van der Waals surface area (Å²) in [5.41, 5.74) is 1.07. The summed E-state index contributed by atoms with van der Waals surface area (Å²) in [4.78, 5) is 26.0. The lowest BCUT2D eigenvalue weighted by molar-refractivity contribution is 0.0685. The van der Waals surface area contributed by atoms with Crippen molar-refractivity contribution in [3.63, 3.8) is 0 Å². The molecular formula is C12H9NO5S. The highest BCUT2D eigenvalue weighted by Crippen LogP contribution is 2.28. The molecule has 2 rings (SSSR count). The lowest BCUT2D eigenvalue weighted by Crippen LogP contribution is -2.02. The average Bonchev–Trinajstić information content (AvgIpc) is 2.87. The monoisotopic (exact) mass is 279 g/mol. The number of carbonyl (C=O) groups is 2. The number of nitrogens with zero attached hydrogens (tertiary/aromatic N) is 1. The van der Waals surface area contributed by atoms with Crippen LogP contribution in [0.4, 0.5) is 0 Å². The summed E-state index contributed by atoms with van der Waals surface area (Å²) in [5.74, 6) is -2.15. The summed E-state index contributed by atoms with van der Waals surface area (Å²) in [7, 11) is 1.33. The minimum Gasteiger partial charge on any atom is -0.480 e. The molecular weight excluding hydrogens is 270 g/mol. The molecule has 2 heterocycles. The molecule has 0 saturated carbocycles. The number of thiophene rings is 1. The minimum absolute atomic E-state index is 0.0185. The van der Waals surface area contributed by atoms with Gasteiger partial charge in [-0.1, -0.05) is 0 Å². The van der Waals surface area contributed by atoms with Gasteiger partial charge < -0.3 is 14.9 Å². The van der Waals surface area contributed by atoms with Gasteiger partial charge in [0.1, 0.15) is 10.4 Å². The number of methoxy groups -OCH3 is 1. The zero-order valence-electron chi connectivity index (χ0n) is 9.78. The van der Waals surface area contributed by atoms with Gasteiger partial charge in [0.15, 0.2) is 0 Å². The van der Waals surface area contributed by atoms with Crippen molar-refractivity contribution in [2.24, 2.45) is 0 Å². The Hall–Kier alpha value is -2.41. The first-order valence-electron chi connectivity index (χ1n) is 5.12. The van der Waals surface area contributed by atoms with Crippen molar-refractivity contribution >= 4 is 23.3 Å². The number of rotatable bonds is 4. The Kier molecular flexibility index (Phi) is 3.48. The van der Waals surface area contributed by atoms with Crippen LogP contribution < -0.4 is 4.74 Å². The fraction of sp³-hybridized carbons (Fsp3) is 0.0833. The van der Waals surface area contributed by atoms with Crippen LogP contribution >= 0.6 is 11.3 Å². The Balaban J connectivity index is 2.47. The highest BCUT2D eigenvalue weighted by Gasteiger charge is 2.15. The van der Waals surface area contributed by atoms with E-state index in [1.807, 2.05) is 0 Å². The molecule has 2 N–H and O–H groups in total. The normalized spacial score (nSPS) is 10.2. The molecule has 7 heteroatoms. The highest BCUT2D eigenvalue weighted by atomic mass is 32.1. The summed E-state index contributed by atoms with van der Waals surface area (Å²) in [6.45, 7) is 0. The third-order valence-corrected chi connectivity index (χ3v) is 3.34. The molecule has 0 aliphatic carbocycles. The van der Waals surface area contributed by atoms with Crippen LogP contribution in [0.5, 0.6) is 5.88 Å². The molecule has 2 aromatic heterocycles. The number of aromatic nitrogens is 1. The van der Waals surface area contributed by atoms with Gasteiger partial charge in [0, 0.05) is 11.8 Å². The maximum absolute atomic E-state index is 11.1. The van der Waals surface area contributed by atoms with Crippen molar-refractivity contribution in [1.82, 2.24) is 4.98 Å². The van der Waals surface area contributed by atoms with Crippen LogP contribution in [0.15, 0.2) is 23.7 Å². The standard InChI is InChI=1S/C12H9NO5S/c1-18-10-8(11(14)15)2-6(4-13-10)7-3-9(12(16)17)19-5-7/h2-5H,1H3,(H,14,15)(H,16,17). The second-order valence-corrected chi connectivity index (χ2v) is 4.50. The fourth-order valence-corrected chi connectivity index (χ4v) is 2.28. The van der Waals surface area contributed by atoms with Crippen molar-refractivity contribution in [3.05, 3.63) is 34.2 Å². The summed E-state index contributed by atoms with van der Waals surface area (Å²) >= 11 is 1.07. The van der Waals surface area contributed by atoms with E-state index in [0.29, 0.717) is 11.1 Å². The molecule has 0 aliphatic rings. The first-order chi connectivity index (χ1) is 9.02. The van der Waals surface area contributed by atoms with Gasteiger partial charge >= 0.3 is 11.9 Å². The molecule has 0 aromatic carbocycles. The number of hydrogen-bond donors (Lipinski definition) is 2. The van der Waals surface area contributed by atoms with Gasteiger partial charge in [-0.15, -0.1) is 11.3 Å². The third kappa shape index (κ3) is 2.55. The topological polar surface area (TPSA) is 96.7 Å². The predicted octanol–water partition coefficient (Wildman–Crippen LogP) is 2.22. The molecule has 0 amide bonds. The van der Waals surface area contributed by atoms with Crippen LogP contribution in [0.1, 0.15) is 20.0 Å². The summed E-state index contributed by atoms with van der Waals surface area (Å²) in [5, 5.41) is 19.5. The van der Waals surface area contributed by atoms with E-state index < -0.39 is 11.9 Å². The fourth-order valence-electron chi connectivity index (χ4n) is 1.53. The molecule has 98 valence electrons. The number of hydrogen-bond acceptors (Lipinski definition) is 5. The van der Waals surface area contributed by atoms with Crippen LogP contribution in [-0.2, 0) is 0 Å². The van der Waals surface area contributed by atoms with E-state index in [-0.39, 0.29) is 16.3 Å². The Morgan fingerprint density at radius 1 is 1.21 bits per heavy atom. The smallest absolute Gasteiger partial charge is 0.345 e. The SMILES string of the molecule is COc1ncc(-c2csc(C(=O)O)c2)cc1C(=O)O. The Morgan fingerprint density at radius 3 is 2.47 bits per heavy atom. The van der Waals surface area contributed by atoms with Gasteiger partial charge in [-0.3, -0.25) is 0 Å². The molecule has 0 unspecified atom stereocenters. The third-order valence-electron chi connectivity index (χ3n) is 2.42. The second-order valence-electron chi connectivity index (χ2n) is 3.59. The van der Waals surface area contributed by atoms with Gasteiger partial charge in [-0.2, -0.15) is 0 Å². The first kappa shape index (κ1) is 13.0. The molecule has 6 nitrogen and oxygen atoms in total. The molecule has 0 bridgehead atoms. The maximum atomic E-state index is 11.1. The van der Waals surface area contributed by atoms with E-state index in [1.165, 1.54) is 25.4 Å². The lowest BCUT2D eigenvalue weighted by Gasteiger charge is -2.05. The van der Waals surface area contributed by atoms with Crippen molar-refractivity contribution < 1.29 is 24.5 Å². The van der Waals surface area contributed by atoms with E-state index in [9.17, 15) is 9.59 Å². The predicted molar refractivity (Wildman–Crippen MR) is 68.0 cm³/mol. The second kappa shape index (κ2) is 5.07. The van der Waals surface area contributed by atoms with Crippen molar-refractivity contribution in [1.29, 1.82) is 0 Å². The van der Waals surface area contributed by atoms with Crippen molar-refractivity contribution in [2.45, 2.75) is 0 Å². The number of aromatic carboxylic acids is 2. The summed E-state index contributed by atoms with van der Waals surface area (Å²) < 4.78 is 4.86. The van der Waals surface area contributed by atoms with Gasteiger partial charge in [0.2, 0.25) is 5.88 Å². The molecule has 0 spiro atoms. The zero-order chi connectivity index (χ0) is 14.0. The van der Waals surface area contributed by atoms with E-state index in [4.69, 9.17) is 14.9 Å². The van der Waals surface area contributed by atoms with Crippen molar-refractivity contribution in [2.75, 3.05) is 7.11 Å². The van der Waals surface area contributed by atoms with Gasteiger partial charge in [0.05, 0.1) is 7.11 Å². The summed E-state index contributed by atoms with van der Waals surface area (Å²) in [6, 6.07) is 2.88. The largest absolute Gasteiger partial charge is 0.480 e. The Labute approximate surface area is 111 Å². The van der Waals surface area contributed by atoms with E-state index >= 15 is 0 Å². The lowest BCUT2D eigenvalue weighted by atomic mass is 10.1.